The Labute approximate surface area is 111 Å². The molecular weight excluding hydrogens is 268 g/mol. The molecule has 0 radical (unpaired) electrons. The van der Waals surface area contributed by atoms with Gasteiger partial charge in [0.25, 0.3) is 0 Å². The minimum Gasteiger partial charge on any atom is -0.379 e. The van der Waals surface area contributed by atoms with Crippen LogP contribution in [0, 0.1) is 22.0 Å². The van der Waals surface area contributed by atoms with Gasteiger partial charge in [0.15, 0.2) is 9.84 Å². The van der Waals surface area contributed by atoms with Crippen molar-refractivity contribution in [2.45, 2.75) is 18.2 Å². The fourth-order valence-electron chi connectivity index (χ4n) is 2.08. The van der Waals surface area contributed by atoms with Crippen LogP contribution in [0.3, 0.4) is 0 Å². The Bertz CT molecular complexity index is 612. The number of nitro benzene ring substituents is 1. The highest BCUT2D eigenvalue weighted by Gasteiger charge is 2.33. The van der Waals surface area contributed by atoms with Crippen LogP contribution in [-0.4, -0.2) is 26.1 Å². The topological polar surface area (TPSA) is 89.3 Å². The molecule has 6 nitrogen and oxygen atoms in total. The Kier molecular flexibility index (Phi) is 3.49. The van der Waals surface area contributed by atoms with E-state index in [0.29, 0.717) is 18.4 Å². The van der Waals surface area contributed by atoms with E-state index in [2.05, 4.69) is 12.2 Å². The first-order valence-corrected chi connectivity index (χ1v) is 7.91. The molecule has 2 atom stereocenters. The second kappa shape index (κ2) is 4.80. The van der Waals surface area contributed by atoms with Crippen LogP contribution in [0.2, 0.25) is 0 Å². The lowest BCUT2D eigenvalue weighted by Gasteiger charge is -2.09. The van der Waals surface area contributed by atoms with E-state index in [1.807, 2.05) is 0 Å². The summed E-state index contributed by atoms with van der Waals surface area (Å²) in [5.41, 5.74) is -0.0923. The summed E-state index contributed by atoms with van der Waals surface area (Å²) in [5, 5.41) is 14.1. The van der Waals surface area contributed by atoms with Crippen molar-refractivity contribution in [3.05, 3.63) is 28.3 Å². The average Bonchev–Trinajstić information content (AvgIpc) is 3.01. The fourth-order valence-corrected chi connectivity index (χ4v) is 2.94. The molecule has 1 aromatic rings. The maximum absolute atomic E-state index is 11.6. The molecule has 0 spiro atoms. The summed E-state index contributed by atoms with van der Waals surface area (Å²) in [7, 11) is -3.62. The zero-order valence-electron chi connectivity index (χ0n) is 10.8. The quantitative estimate of drug-likeness (QED) is 0.660. The molecule has 1 aliphatic carbocycles. The lowest BCUT2D eigenvalue weighted by Crippen LogP contribution is -2.09. The molecule has 1 fully saturated rings. The van der Waals surface area contributed by atoms with Gasteiger partial charge in [0.2, 0.25) is 0 Å². The number of nitrogens with zero attached hydrogens (tertiary/aromatic N) is 1. The van der Waals surface area contributed by atoms with Gasteiger partial charge in [0, 0.05) is 12.8 Å². The number of benzene rings is 1. The molecule has 19 heavy (non-hydrogen) atoms. The Morgan fingerprint density at radius 3 is 2.58 bits per heavy atom. The van der Waals surface area contributed by atoms with Crippen LogP contribution in [0.4, 0.5) is 11.4 Å². The van der Waals surface area contributed by atoms with E-state index in [9.17, 15) is 18.5 Å². The van der Waals surface area contributed by atoms with E-state index >= 15 is 0 Å². The summed E-state index contributed by atoms with van der Waals surface area (Å²) < 4.78 is 23.2. The Balaban J connectivity index is 2.34. The first-order valence-electron chi connectivity index (χ1n) is 6.02. The van der Waals surface area contributed by atoms with Crippen LogP contribution < -0.4 is 5.32 Å². The highest BCUT2D eigenvalue weighted by atomic mass is 32.2. The molecule has 0 saturated heterocycles. The molecule has 0 aliphatic heterocycles. The molecule has 104 valence electrons. The van der Waals surface area contributed by atoms with Gasteiger partial charge in [-0.25, -0.2) is 8.42 Å². The minimum atomic E-state index is -3.62. The number of nitrogens with one attached hydrogen (secondary N) is 1. The lowest BCUT2D eigenvalue weighted by atomic mass is 10.2. The number of anilines is 1. The number of para-hydroxylation sites is 1. The van der Waals surface area contributed by atoms with Gasteiger partial charge in [0.1, 0.15) is 10.6 Å². The SMILES string of the molecule is CC1CC1CNc1cccc(S(C)(=O)=O)c1[N+](=O)[O-]. The highest BCUT2D eigenvalue weighted by molar-refractivity contribution is 7.90. The molecule has 7 heteroatoms. The van der Waals surface area contributed by atoms with Gasteiger partial charge in [-0.1, -0.05) is 13.0 Å². The van der Waals surface area contributed by atoms with Gasteiger partial charge in [0.05, 0.1) is 4.92 Å². The molecule has 1 N–H and O–H groups in total. The second-order valence-corrected chi connectivity index (χ2v) is 7.02. The van der Waals surface area contributed by atoms with Crippen molar-refractivity contribution in [3.63, 3.8) is 0 Å². The Hall–Kier alpha value is -1.63. The second-order valence-electron chi connectivity index (χ2n) is 5.04. The van der Waals surface area contributed by atoms with Crippen molar-refractivity contribution in [2.24, 2.45) is 11.8 Å². The largest absolute Gasteiger partial charge is 0.379 e. The predicted molar refractivity (Wildman–Crippen MR) is 72.0 cm³/mol. The highest BCUT2D eigenvalue weighted by Crippen LogP contribution is 2.39. The third kappa shape index (κ3) is 3.04. The number of rotatable bonds is 5. The van der Waals surface area contributed by atoms with Crippen molar-refractivity contribution in [1.82, 2.24) is 0 Å². The monoisotopic (exact) mass is 284 g/mol. The van der Waals surface area contributed by atoms with Gasteiger partial charge >= 0.3 is 5.69 Å². The Morgan fingerprint density at radius 2 is 2.11 bits per heavy atom. The fraction of sp³-hybridized carbons (Fsp3) is 0.500. The van der Waals surface area contributed by atoms with E-state index in [1.165, 1.54) is 12.1 Å². The van der Waals surface area contributed by atoms with Crippen molar-refractivity contribution >= 4 is 21.2 Å². The molecule has 1 aromatic carbocycles. The predicted octanol–water partition coefficient (Wildman–Crippen LogP) is 2.07. The molecular formula is C12H16N2O4S. The molecule has 0 amide bonds. The van der Waals surface area contributed by atoms with E-state index in [1.54, 1.807) is 6.07 Å². The minimum absolute atomic E-state index is 0.244. The molecule has 2 rings (SSSR count). The van der Waals surface area contributed by atoms with Gasteiger partial charge in [-0.2, -0.15) is 0 Å². The van der Waals surface area contributed by atoms with Crippen LogP contribution in [0.15, 0.2) is 23.1 Å². The van der Waals surface area contributed by atoms with Crippen LogP contribution in [0.25, 0.3) is 0 Å². The van der Waals surface area contributed by atoms with Gasteiger partial charge in [-0.15, -0.1) is 0 Å². The van der Waals surface area contributed by atoms with Gasteiger partial charge in [-0.3, -0.25) is 10.1 Å². The summed E-state index contributed by atoms with van der Waals surface area (Å²) >= 11 is 0. The van der Waals surface area contributed by atoms with E-state index < -0.39 is 14.8 Å². The van der Waals surface area contributed by atoms with Crippen molar-refractivity contribution < 1.29 is 13.3 Å². The smallest absolute Gasteiger partial charge is 0.310 e. The van der Waals surface area contributed by atoms with Gasteiger partial charge in [-0.05, 0) is 30.4 Å². The number of hydrogen-bond acceptors (Lipinski definition) is 5. The number of hydrogen-bond donors (Lipinski definition) is 1. The summed E-state index contributed by atoms with van der Waals surface area (Å²) in [5.74, 6) is 1.14. The summed E-state index contributed by atoms with van der Waals surface area (Å²) in [4.78, 5) is 10.2. The molecule has 0 bridgehead atoms. The van der Waals surface area contributed by atoms with Crippen LogP contribution in [0.1, 0.15) is 13.3 Å². The third-order valence-corrected chi connectivity index (χ3v) is 4.54. The molecule has 2 unspecified atom stereocenters. The lowest BCUT2D eigenvalue weighted by molar-refractivity contribution is -0.386. The van der Waals surface area contributed by atoms with Crippen molar-refractivity contribution in [1.29, 1.82) is 0 Å². The van der Waals surface area contributed by atoms with Gasteiger partial charge < -0.3 is 5.32 Å². The van der Waals surface area contributed by atoms with Crippen molar-refractivity contribution in [2.75, 3.05) is 18.1 Å². The summed E-state index contributed by atoms with van der Waals surface area (Å²) in [6.45, 7) is 2.75. The summed E-state index contributed by atoms with van der Waals surface area (Å²) in [6.07, 6.45) is 2.08. The van der Waals surface area contributed by atoms with Crippen LogP contribution in [0.5, 0.6) is 0 Å². The molecule has 1 aliphatic rings. The normalized spacial score (nSPS) is 22.0. The molecule has 0 aromatic heterocycles. The standard InChI is InChI=1S/C12H16N2O4S/c1-8-6-9(8)7-13-10-4-3-5-11(19(2,17)18)12(10)14(15)16/h3-5,8-9,13H,6-7H2,1-2H3. The van der Waals surface area contributed by atoms with E-state index in [0.717, 1.165) is 12.7 Å². The number of nitro groups is 1. The van der Waals surface area contributed by atoms with E-state index in [4.69, 9.17) is 0 Å². The van der Waals surface area contributed by atoms with Crippen LogP contribution in [-0.2, 0) is 9.84 Å². The van der Waals surface area contributed by atoms with E-state index in [-0.39, 0.29) is 16.3 Å². The maximum atomic E-state index is 11.6. The zero-order valence-corrected chi connectivity index (χ0v) is 11.6. The van der Waals surface area contributed by atoms with Crippen molar-refractivity contribution in [3.8, 4) is 0 Å². The first kappa shape index (κ1) is 13.8. The molecule has 0 heterocycles. The third-order valence-electron chi connectivity index (χ3n) is 3.41. The van der Waals surface area contributed by atoms with Crippen LogP contribution >= 0.6 is 0 Å². The zero-order chi connectivity index (χ0) is 14.2. The number of sulfone groups is 1. The summed E-state index contributed by atoms with van der Waals surface area (Å²) in [6, 6.07) is 4.32. The maximum Gasteiger partial charge on any atom is 0.310 e. The molecule has 1 saturated carbocycles. The Morgan fingerprint density at radius 1 is 1.47 bits per heavy atom. The first-order chi connectivity index (χ1) is 8.80. The average molecular weight is 284 g/mol.